The van der Waals surface area contributed by atoms with Crippen LogP contribution in [0.3, 0.4) is 0 Å². The number of aromatic carboxylic acids is 1. The molecule has 20 heavy (non-hydrogen) atoms. The summed E-state index contributed by atoms with van der Waals surface area (Å²) in [5, 5.41) is 9.35. The molecule has 0 amide bonds. The summed E-state index contributed by atoms with van der Waals surface area (Å²) >= 11 is 0. The molecule has 0 spiro atoms. The number of hydrogen-bond acceptors (Lipinski definition) is 4. The maximum Gasteiger partial charge on any atom is 0.339 e. The smallest absolute Gasteiger partial charge is 0.339 e. The van der Waals surface area contributed by atoms with Gasteiger partial charge in [-0.05, 0) is 24.6 Å². The van der Waals surface area contributed by atoms with E-state index in [2.05, 4.69) is 0 Å². The highest BCUT2D eigenvalue weighted by Crippen LogP contribution is 2.36. The Bertz CT molecular complexity index is 656. The molecule has 0 saturated carbocycles. The van der Waals surface area contributed by atoms with Crippen LogP contribution in [0, 0.1) is 0 Å². The molecular weight excluding hydrogens is 260 g/mol. The monoisotopic (exact) mass is 274 g/mol. The van der Waals surface area contributed by atoms with Gasteiger partial charge in [-0.25, -0.2) is 4.79 Å². The normalized spacial score (nSPS) is 13.2. The highest BCUT2D eigenvalue weighted by Gasteiger charge is 2.22. The Balaban J connectivity index is 2.09. The average molecular weight is 274 g/mol. The summed E-state index contributed by atoms with van der Waals surface area (Å²) in [6, 6.07) is 5.29. The first kappa shape index (κ1) is 12.6. The first-order valence-corrected chi connectivity index (χ1v) is 6.44. The van der Waals surface area contributed by atoms with Crippen molar-refractivity contribution in [3.63, 3.8) is 0 Å². The molecule has 1 aromatic heterocycles. The Hall–Kier alpha value is -2.43. The molecule has 3 rings (SSSR count). The number of ether oxygens (including phenoxy) is 2. The number of carboxylic acids is 1. The van der Waals surface area contributed by atoms with E-state index >= 15 is 0 Å². The first-order valence-electron chi connectivity index (χ1n) is 6.44. The summed E-state index contributed by atoms with van der Waals surface area (Å²) in [5.41, 5.74) is 1.57. The largest absolute Gasteiger partial charge is 0.486 e. The fraction of sp³-hybridized carbons (Fsp3) is 0.267. The van der Waals surface area contributed by atoms with Gasteiger partial charge in [-0.3, -0.25) is 0 Å². The van der Waals surface area contributed by atoms with Crippen molar-refractivity contribution in [3.05, 3.63) is 35.6 Å². The van der Waals surface area contributed by atoms with Crippen LogP contribution in [-0.4, -0.2) is 24.3 Å². The van der Waals surface area contributed by atoms with Gasteiger partial charge in [-0.15, -0.1) is 0 Å². The van der Waals surface area contributed by atoms with Crippen LogP contribution >= 0.6 is 0 Å². The summed E-state index contributed by atoms with van der Waals surface area (Å²) in [5.74, 6) is 0.644. The zero-order valence-corrected chi connectivity index (χ0v) is 11.0. The predicted molar refractivity (Wildman–Crippen MR) is 71.5 cm³/mol. The van der Waals surface area contributed by atoms with Gasteiger partial charge in [0.05, 0.1) is 6.26 Å². The molecular formula is C15H14O5. The van der Waals surface area contributed by atoms with Crippen molar-refractivity contribution in [1.82, 2.24) is 0 Å². The Morgan fingerprint density at radius 3 is 2.70 bits per heavy atom. The number of furan rings is 1. The second-order valence-electron chi connectivity index (χ2n) is 4.48. The molecule has 2 aromatic rings. The molecule has 0 bridgehead atoms. The lowest BCUT2D eigenvalue weighted by Gasteiger charge is -2.18. The van der Waals surface area contributed by atoms with Gasteiger partial charge in [0, 0.05) is 11.1 Å². The van der Waals surface area contributed by atoms with Crippen LogP contribution in [-0.2, 0) is 6.42 Å². The Morgan fingerprint density at radius 2 is 2.00 bits per heavy atom. The molecule has 0 saturated heterocycles. The van der Waals surface area contributed by atoms with Crippen molar-refractivity contribution in [2.75, 3.05) is 13.2 Å². The van der Waals surface area contributed by atoms with Gasteiger partial charge in [-0.2, -0.15) is 0 Å². The van der Waals surface area contributed by atoms with Crippen molar-refractivity contribution in [2.24, 2.45) is 0 Å². The molecule has 104 valence electrons. The second kappa shape index (κ2) is 4.92. The van der Waals surface area contributed by atoms with Crippen LogP contribution in [0.15, 0.2) is 28.9 Å². The van der Waals surface area contributed by atoms with E-state index in [1.165, 1.54) is 6.26 Å². The van der Waals surface area contributed by atoms with E-state index in [0.29, 0.717) is 48.0 Å². The Labute approximate surface area is 115 Å². The minimum absolute atomic E-state index is 0.212. The number of fused-ring (bicyclic) bond motifs is 1. The minimum Gasteiger partial charge on any atom is -0.486 e. The average Bonchev–Trinajstić information content (AvgIpc) is 2.91. The standard InChI is InChI=1S/C15H14O5/c1-2-9-8-20-14(13(9)15(16)17)10-3-4-11-12(7-10)19-6-5-18-11/h3-4,7-8H,2,5-6H2,1H3,(H,16,17). The molecule has 0 radical (unpaired) electrons. The van der Waals surface area contributed by atoms with Crippen molar-refractivity contribution in [1.29, 1.82) is 0 Å². The third-order valence-corrected chi connectivity index (χ3v) is 3.27. The minimum atomic E-state index is -0.986. The van der Waals surface area contributed by atoms with Crippen molar-refractivity contribution in [3.8, 4) is 22.8 Å². The maximum absolute atomic E-state index is 11.4. The zero-order valence-electron chi connectivity index (χ0n) is 11.0. The van der Waals surface area contributed by atoms with Gasteiger partial charge >= 0.3 is 5.97 Å². The van der Waals surface area contributed by atoms with Crippen LogP contribution < -0.4 is 9.47 Å². The lowest BCUT2D eigenvalue weighted by Crippen LogP contribution is -2.15. The van der Waals surface area contributed by atoms with Gasteiger partial charge in [0.1, 0.15) is 24.5 Å². The summed E-state index contributed by atoms with van der Waals surface area (Å²) < 4.78 is 16.4. The van der Waals surface area contributed by atoms with E-state index in [4.69, 9.17) is 13.9 Å². The number of carboxylic acid groups (broad SMARTS) is 1. The molecule has 1 aromatic carbocycles. The van der Waals surface area contributed by atoms with Crippen LogP contribution in [0.5, 0.6) is 11.5 Å². The third kappa shape index (κ3) is 2.01. The van der Waals surface area contributed by atoms with Gasteiger partial charge in [0.25, 0.3) is 0 Å². The SMILES string of the molecule is CCc1coc(-c2ccc3c(c2)OCCO3)c1C(=O)O. The van der Waals surface area contributed by atoms with Crippen molar-refractivity contribution < 1.29 is 23.8 Å². The Kier molecular flexibility index (Phi) is 3.10. The van der Waals surface area contributed by atoms with Gasteiger partial charge in [0.2, 0.25) is 0 Å². The number of aryl methyl sites for hydroxylation is 1. The van der Waals surface area contributed by atoms with Gasteiger partial charge in [0.15, 0.2) is 11.5 Å². The fourth-order valence-electron chi connectivity index (χ4n) is 2.29. The predicted octanol–water partition coefficient (Wildman–Crippen LogP) is 2.98. The second-order valence-corrected chi connectivity index (χ2v) is 4.48. The molecule has 1 aliphatic heterocycles. The number of carbonyl (C=O) groups is 1. The lowest BCUT2D eigenvalue weighted by molar-refractivity contribution is 0.0696. The van der Waals surface area contributed by atoms with E-state index in [9.17, 15) is 9.90 Å². The van der Waals surface area contributed by atoms with E-state index < -0.39 is 5.97 Å². The van der Waals surface area contributed by atoms with Crippen LogP contribution in [0.4, 0.5) is 0 Å². The van der Waals surface area contributed by atoms with E-state index in [-0.39, 0.29) is 5.56 Å². The highest BCUT2D eigenvalue weighted by atomic mass is 16.6. The number of hydrogen-bond donors (Lipinski definition) is 1. The number of benzene rings is 1. The summed E-state index contributed by atoms with van der Waals surface area (Å²) in [6.07, 6.45) is 2.10. The third-order valence-electron chi connectivity index (χ3n) is 3.27. The van der Waals surface area contributed by atoms with Gasteiger partial charge in [-0.1, -0.05) is 6.92 Å². The molecule has 0 atom stereocenters. The van der Waals surface area contributed by atoms with Crippen LogP contribution in [0.1, 0.15) is 22.8 Å². The quantitative estimate of drug-likeness (QED) is 0.931. The fourth-order valence-corrected chi connectivity index (χ4v) is 2.29. The molecule has 2 heterocycles. The molecule has 1 N–H and O–H groups in total. The van der Waals surface area contributed by atoms with E-state index in [0.717, 1.165) is 0 Å². The van der Waals surface area contributed by atoms with Crippen molar-refractivity contribution >= 4 is 5.97 Å². The molecule has 5 nitrogen and oxygen atoms in total. The summed E-state index contributed by atoms with van der Waals surface area (Å²) in [7, 11) is 0. The Morgan fingerprint density at radius 1 is 1.25 bits per heavy atom. The number of rotatable bonds is 3. The van der Waals surface area contributed by atoms with E-state index in [1.54, 1.807) is 18.2 Å². The zero-order chi connectivity index (χ0) is 14.1. The first-order chi connectivity index (χ1) is 9.70. The molecule has 0 aliphatic carbocycles. The highest BCUT2D eigenvalue weighted by molar-refractivity contribution is 5.96. The van der Waals surface area contributed by atoms with Gasteiger partial charge < -0.3 is 19.0 Å². The summed E-state index contributed by atoms with van der Waals surface area (Å²) in [6.45, 7) is 2.90. The van der Waals surface area contributed by atoms with Crippen LogP contribution in [0.2, 0.25) is 0 Å². The van der Waals surface area contributed by atoms with E-state index in [1.807, 2.05) is 6.92 Å². The molecule has 1 aliphatic rings. The topological polar surface area (TPSA) is 68.9 Å². The van der Waals surface area contributed by atoms with Crippen LogP contribution in [0.25, 0.3) is 11.3 Å². The molecule has 5 heteroatoms. The van der Waals surface area contributed by atoms with Crippen molar-refractivity contribution in [2.45, 2.75) is 13.3 Å². The summed E-state index contributed by atoms with van der Waals surface area (Å²) in [4.78, 5) is 11.4. The maximum atomic E-state index is 11.4. The lowest BCUT2D eigenvalue weighted by atomic mass is 10.0. The molecule has 0 unspecified atom stereocenters. The molecule has 0 fully saturated rings.